The minimum Gasteiger partial charge on any atom is -0.245 e. The van der Waals surface area contributed by atoms with Crippen molar-refractivity contribution in [2.24, 2.45) is 15.9 Å². The van der Waals surface area contributed by atoms with Gasteiger partial charge in [-0.25, -0.2) is 9.98 Å². The van der Waals surface area contributed by atoms with E-state index in [1.807, 2.05) is 12.3 Å². The first-order valence-electron chi connectivity index (χ1n) is 5.88. The van der Waals surface area contributed by atoms with Crippen molar-refractivity contribution in [1.82, 2.24) is 0 Å². The SMILES string of the molecule is C=NC(=CCc1ccc(C)cc1)N=CC(C)C. The summed E-state index contributed by atoms with van der Waals surface area (Å²) in [6.07, 6.45) is 4.72. The Morgan fingerprint density at radius 3 is 2.47 bits per heavy atom. The molecule has 0 bridgehead atoms. The molecule has 0 aliphatic carbocycles. The molecule has 17 heavy (non-hydrogen) atoms. The van der Waals surface area contributed by atoms with Gasteiger partial charge < -0.3 is 0 Å². The average molecular weight is 228 g/mol. The molecule has 0 N–H and O–H groups in total. The van der Waals surface area contributed by atoms with E-state index in [1.54, 1.807) is 0 Å². The second-order valence-corrected chi connectivity index (χ2v) is 4.43. The Hall–Kier alpha value is -1.70. The van der Waals surface area contributed by atoms with Gasteiger partial charge in [-0.1, -0.05) is 43.7 Å². The summed E-state index contributed by atoms with van der Waals surface area (Å²) in [6.45, 7) is 9.79. The second kappa shape index (κ2) is 6.79. The van der Waals surface area contributed by atoms with Gasteiger partial charge in [0, 0.05) is 6.21 Å². The fourth-order valence-corrected chi connectivity index (χ4v) is 1.32. The van der Waals surface area contributed by atoms with Crippen LogP contribution in [-0.2, 0) is 6.42 Å². The molecule has 0 aliphatic rings. The lowest BCUT2D eigenvalue weighted by Crippen LogP contribution is -1.88. The van der Waals surface area contributed by atoms with Crippen molar-refractivity contribution in [1.29, 1.82) is 0 Å². The summed E-state index contributed by atoms with van der Waals surface area (Å²) in [5.74, 6) is 1.12. The van der Waals surface area contributed by atoms with E-state index in [0.717, 1.165) is 6.42 Å². The Kier molecular flexibility index (Phi) is 5.34. The van der Waals surface area contributed by atoms with E-state index in [2.05, 4.69) is 61.7 Å². The zero-order chi connectivity index (χ0) is 12.7. The molecule has 1 aromatic rings. The molecule has 1 aromatic carbocycles. The molecule has 0 saturated carbocycles. The predicted molar refractivity (Wildman–Crippen MR) is 75.8 cm³/mol. The summed E-state index contributed by atoms with van der Waals surface area (Å²) in [5.41, 5.74) is 2.54. The maximum absolute atomic E-state index is 4.28. The molecule has 0 heterocycles. The minimum atomic E-state index is 0.430. The Labute approximate surface area is 104 Å². The van der Waals surface area contributed by atoms with E-state index < -0.39 is 0 Å². The normalized spacial score (nSPS) is 12.4. The summed E-state index contributed by atoms with van der Waals surface area (Å²) in [6, 6.07) is 8.47. The molecule has 1 rings (SSSR count). The fourth-order valence-electron chi connectivity index (χ4n) is 1.32. The standard InChI is InChI=1S/C15H20N2/c1-12(2)11-17-15(16-4)10-9-14-7-5-13(3)6-8-14/h5-8,10-12H,4,9H2,1-3H3. The Balaban J connectivity index is 2.67. The maximum atomic E-state index is 4.28. The van der Waals surface area contributed by atoms with Crippen LogP contribution in [0.25, 0.3) is 0 Å². The molecule has 2 heteroatoms. The summed E-state index contributed by atoms with van der Waals surface area (Å²) in [5, 5.41) is 0. The highest BCUT2D eigenvalue weighted by Crippen LogP contribution is 2.07. The summed E-state index contributed by atoms with van der Waals surface area (Å²) in [4.78, 5) is 8.19. The summed E-state index contributed by atoms with van der Waals surface area (Å²) >= 11 is 0. The zero-order valence-electron chi connectivity index (χ0n) is 10.9. The first-order chi connectivity index (χ1) is 8.11. The number of hydrogen-bond acceptors (Lipinski definition) is 2. The van der Waals surface area contributed by atoms with Crippen molar-refractivity contribution in [3.05, 3.63) is 47.3 Å². The van der Waals surface area contributed by atoms with Crippen LogP contribution in [0, 0.1) is 12.8 Å². The number of nitrogens with zero attached hydrogens (tertiary/aromatic N) is 2. The van der Waals surface area contributed by atoms with Gasteiger partial charge in [0.15, 0.2) is 0 Å². The molecule has 0 atom stereocenters. The first-order valence-corrected chi connectivity index (χ1v) is 5.88. The Bertz CT molecular complexity index is 411. The molecule has 0 aliphatic heterocycles. The van der Waals surface area contributed by atoms with Crippen LogP contribution in [0.1, 0.15) is 25.0 Å². The average Bonchev–Trinajstić information content (AvgIpc) is 2.31. The molecular weight excluding hydrogens is 208 g/mol. The maximum Gasteiger partial charge on any atom is 0.147 e. The number of aryl methyl sites for hydroxylation is 1. The zero-order valence-corrected chi connectivity index (χ0v) is 10.9. The van der Waals surface area contributed by atoms with Crippen molar-refractivity contribution < 1.29 is 0 Å². The van der Waals surface area contributed by atoms with Gasteiger partial charge in [-0.3, -0.25) is 0 Å². The highest BCUT2D eigenvalue weighted by Gasteiger charge is 1.93. The van der Waals surface area contributed by atoms with Gasteiger partial charge in [0.25, 0.3) is 0 Å². The van der Waals surface area contributed by atoms with Gasteiger partial charge in [-0.2, -0.15) is 0 Å². The van der Waals surface area contributed by atoms with E-state index in [4.69, 9.17) is 0 Å². The Morgan fingerprint density at radius 1 is 1.29 bits per heavy atom. The van der Waals surface area contributed by atoms with E-state index in [1.165, 1.54) is 11.1 Å². The van der Waals surface area contributed by atoms with Crippen molar-refractivity contribution in [2.45, 2.75) is 27.2 Å². The topological polar surface area (TPSA) is 24.7 Å². The summed E-state index contributed by atoms with van der Waals surface area (Å²) in [7, 11) is 0. The van der Waals surface area contributed by atoms with Crippen LogP contribution in [-0.4, -0.2) is 12.9 Å². The fraction of sp³-hybridized carbons (Fsp3) is 0.333. The van der Waals surface area contributed by atoms with Crippen LogP contribution in [0.15, 0.2) is 46.1 Å². The number of rotatable bonds is 5. The van der Waals surface area contributed by atoms with E-state index in [0.29, 0.717) is 11.7 Å². The molecule has 0 unspecified atom stereocenters. The third kappa shape index (κ3) is 5.25. The number of hydrogen-bond donors (Lipinski definition) is 0. The number of allylic oxidation sites excluding steroid dienone is 1. The van der Waals surface area contributed by atoms with Crippen LogP contribution in [0.3, 0.4) is 0 Å². The van der Waals surface area contributed by atoms with Gasteiger partial charge in [-0.15, -0.1) is 0 Å². The molecule has 0 fully saturated rings. The summed E-state index contributed by atoms with van der Waals surface area (Å²) < 4.78 is 0. The highest BCUT2D eigenvalue weighted by atomic mass is 14.9. The smallest absolute Gasteiger partial charge is 0.147 e. The lowest BCUT2D eigenvalue weighted by molar-refractivity contribution is 0.903. The van der Waals surface area contributed by atoms with Crippen LogP contribution < -0.4 is 0 Å². The largest absolute Gasteiger partial charge is 0.245 e. The molecule has 0 amide bonds. The molecule has 90 valence electrons. The number of benzene rings is 1. The van der Waals surface area contributed by atoms with Gasteiger partial charge in [-0.05, 0) is 37.6 Å². The van der Waals surface area contributed by atoms with E-state index >= 15 is 0 Å². The van der Waals surface area contributed by atoms with E-state index in [-0.39, 0.29) is 0 Å². The molecule has 2 nitrogen and oxygen atoms in total. The van der Waals surface area contributed by atoms with Gasteiger partial charge >= 0.3 is 0 Å². The first kappa shape index (κ1) is 13.4. The molecule has 0 radical (unpaired) electrons. The lowest BCUT2D eigenvalue weighted by atomic mass is 10.1. The minimum absolute atomic E-state index is 0.430. The van der Waals surface area contributed by atoms with Crippen molar-refractivity contribution in [3.63, 3.8) is 0 Å². The van der Waals surface area contributed by atoms with Crippen molar-refractivity contribution in [2.75, 3.05) is 0 Å². The van der Waals surface area contributed by atoms with E-state index in [9.17, 15) is 0 Å². The van der Waals surface area contributed by atoms with Crippen molar-refractivity contribution in [3.8, 4) is 0 Å². The van der Waals surface area contributed by atoms with Crippen LogP contribution in [0.5, 0.6) is 0 Å². The van der Waals surface area contributed by atoms with Crippen molar-refractivity contribution >= 4 is 12.9 Å². The highest BCUT2D eigenvalue weighted by molar-refractivity contribution is 5.61. The van der Waals surface area contributed by atoms with Gasteiger partial charge in [0.1, 0.15) is 5.82 Å². The lowest BCUT2D eigenvalue weighted by Gasteiger charge is -1.99. The van der Waals surface area contributed by atoms with Gasteiger partial charge in [0.05, 0.1) is 0 Å². The van der Waals surface area contributed by atoms with Crippen LogP contribution in [0.2, 0.25) is 0 Å². The Morgan fingerprint density at radius 2 is 1.94 bits per heavy atom. The molecule has 0 saturated heterocycles. The second-order valence-electron chi connectivity index (χ2n) is 4.43. The third-order valence-corrected chi connectivity index (χ3v) is 2.31. The quantitative estimate of drug-likeness (QED) is 0.685. The molecule has 0 spiro atoms. The third-order valence-electron chi connectivity index (χ3n) is 2.31. The molecule has 0 aromatic heterocycles. The molecular formula is C15H20N2. The van der Waals surface area contributed by atoms with Crippen LogP contribution >= 0.6 is 0 Å². The number of aliphatic imine (C=N–C) groups is 2. The predicted octanol–water partition coefficient (Wildman–Crippen LogP) is 3.81. The van der Waals surface area contributed by atoms with Crippen LogP contribution in [0.4, 0.5) is 0 Å². The van der Waals surface area contributed by atoms with Gasteiger partial charge in [0.2, 0.25) is 0 Å². The monoisotopic (exact) mass is 228 g/mol.